The predicted octanol–water partition coefficient (Wildman–Crippen LogP) is 3.58. The van der Waals surface area contributed by atoms with Crippen LogP contribution in [0.2, 0.25) is 0 Å². The van der Waals surface area contributed by atoms with Crippen LogP contribution in [0, 0.1) is 6.92 Å². The van der Waals surface area contributed by atoms with E-state index in [1.807, 2.05) is 49.4 Å². The van der Waals surface area contributed by atoms with Gasteiger partial charge in [0.25, 0.3) is 5.91 Å². The van der Waals surface area contributed by atoms with Crippen molar-refractivity contribution in [1.29, 1.82) is 0 Å². The lowest BCUT2D eigenvalue weighted by molar-refractivity contribution is -0.130. The Balaban J connectivity index is 1.66. The van der Waals surface area contributed by atoms with E-state index < -0.39 is 6.10 Å². The summed E-state index contributed by atoms with van der Waals surface area (Å²) in [6, 6.07) is 13.7. The van der Waals surface area contributed by atoms with Gasteiger partial charge in [-0.15, -0.1) is 0 Å². The molecule has 1 N–H and O–H groups in total. The standard InChI is InChI=1S/C21H24N2O3/c1-14-7-5-6-8-15(14)12-22-23-20(24)19-13-25-17-10-9-16(21(2,3)4)11-18(17)26-19/h5-12,19H,13H2,1-4H3,(H,23,24)/b22-12+/t19-/m1/s1. The molecule has 1 aliphatic rings. The van der Waals surface area contributed by atoms with Gasteiger partial charge in [0.15, 0.2) is 11.5 Å². The second-order valence-electron chi connectivity index (χ2n) is 7.42. The number of carbonyl (C=O) groups is 1. The van der Waals surface area contributed by atoms with Gasteiger partial charge in [0, 0.05) is 0 Å². The maximum absolute atomic E-state index is 12.3. The van der Waals surface area contributed by atoms with Crippen molar-refractivity contribution in [2.75, 3.05) is 6.61 Å². The van der Waals surface area contributed by atoms with Crippen LogP contribution in [0.15, 0.2) is 47.6 Å². The lowest BCUT2D eigenvalue weighted by Crippen LogP contribution is -2.42. The maximum atomic E-state index is 12.3. The van der Waals surface area contributed by atoms with Crippen LogP contribution in [0.1, 0.15) is 37.5 Å². The van der Waals surface area contributed by atoms with Gasteiger partial charge >= 0.3 is 0 Å². The summed E-state index contributed by atoms with van der Waals surface area (Å²) in [6.07, 6.45) is 0.898. The number of amides is 1. The number of hydrazone groups is 1. The number of ether oxygens (including phenoxy) is 2. The van der Waals surface area contributed by atoms with Gasteiger partial charge in [-0.1, -0.05) is 51.1 Å². The minimum atomic E-state index is -0.730. The maximum Gasteiger partial charge on any atom is 0.284 e. The quantitative estimate of drug-likeness (QED) is 0.678. The molecule has 2 aromatic carbocycles. The molecule has 0 radical (unpaired) electrons. The normalized spacial score (nSPS) is 16.5. The molecule has 0 saturated heterocycles. The summed E-state index contributed by atoms with van der Waals surface area (Å²) >= 11 is 0. The zero-order chi connectivity index (χ0) is 18.7. The van der Waals surface area contributed by atoms with Crippen LogP contribution in [-0.2, 0) is 10.2 Å². The van der Waals surface area contributed by atoms with Crippen LogP contribution in [-0.4, -0.2) is 24.8 Å². The summed E-state index contributed by atoms with van der Waals surface area (Å²) in [7, 11) is 0. The molecule has 5 nitrogen and oxygen atoms in total. The summed E-state index contributed by atoms with van der Waals surface area (Å²) in [5, 5.41) is 4.03. The van der Waals surface area contributed by atoms with E-state index in [2.05, 4.69) is 31.3 Å². The molecule has 1 aliphatic heterocycles. The number of carbonyl (C=O) groups excluding carboxylic acids is 1. The Hall–Kier alpha value is -2.82. The summed E-state index contributed by atoms with van der Waals surface area (Å²) in [4.78, 5) is 12.3. The average molecular weight is 352 g/mol. The minimum absolute atomic E-state index is 0.00850. The van der Waals surface area contributed by atoms with Gasteiger partial charge in [-0.2, -0.15) is 5.10 Å². The molecule has 0 spiro atoms. The molecular formula is C21H24N2O3. The third kappa shape index (κ3) is 4.04. The highest BCUT2D eigenvalue weighted by atomic mass is 16.6. The van der Waals surface area contributed by atoms with Gasteiger partial charge in [-0.05, 0) is 41.2 Å². The van der Waals surface area contributed by atoms with Crippen LogP contribution >= 0.6 is 0 Å². The van der Waals surface area contributed by atoms with Crippen molar-refractivity contribution >= 4 is 12.1 Å². The summed E-state index contributed by atoms with van der Waals surface area (Å²) in [5.74, 6) is 0.916. The molecule has 2 aromatic rings. The molecule has 26 heavy (non-hydrogen) atoms. The molecule has 1 amide bonds. The third-order valence-corrected chi connectivity index (χ3v) is 4.33. The monoisotopic (exact) mass is 352 g/mol. The first kappa shape index (κ1) is 18.0. The van der Waals surface area contributed by atoms with Gasteiger partial charge in [0.1, 0.15) is 6.61 Å². The zero-order valence-corrected chi connectivity index (χ0v) is 15.6. The van der Waals surface area contributed by atoms with Gasteiger partial charge in [-0.3, -0.25) is 4.79 Å². The predicted molar refractivity (Wildman–Crippen MR) is 102 cm³/mol. The van der Waals surface area contributed by atoms with E-state index in [9.17, 15) is 4.79 Å². The highest BCUT2D eigenvalue weighted by molar-refractivity contribution is 5.85. The second kappa shape index (κ2) is 7.20. The molecule has 136 valence electrons. The SMILES string of the molecule is Cc1ccccc1/C=N/NC(=O)[C@H]1COc2ccc(C(C)(C)C)cc2O1. The van der Waals surface area contributed by atoms with Crippen molar-refractivity contribution in [1.82, 2.24) is 5.43 Å². The number of nitrogens with zero attached hydrogens (tertiary/aromatic N) is 1. The van der Waals surface area contributed by atoms with Crippen molar-refractivity contribution in [2.24, 2.45) is 5.10 Å². The summed E-state index contributed by atoms with van der Waals surface area (Å²) < 4.78 is 11.5. The molecule has 0 bridgehead atoms. The average Bonchev–Trinajstić information content (AvgIpc) is 2.61. The van der Waals surface area contributed by atoms with E-state index in [1.165, 1.54) is 0 Å². The lowest BCUT2D eigenvalue weighted by atomic mass is 9.87. The van der Waals surface area contributed by atoms with Crippen LogP contribution in [0.4, 0.5) is 0 Å². The number of hydrogen-bond acceptors (Lipinski definition) is 4. The molecule has 3 rings (SSSR count). The van der Waals surface area contributed by atoms with Gasteiger partial charge in [0.05, 0.1) is 6.21 Å². The number of aryl methyl sites for hydroxylation is 1. The van der Waals surface area contributed by atoms with Crippen molar-refractivity contribution < 1.29 is 14.3 Å². The zero-order valence-electron chi connectivity index (χ0n) is 15.6. The van der Waals surface area contributed by atoms with Gasteiger partial charge in [-0.25, -0.2) is 5.43 Å². The molecule has 0 unspecified atom stereocenters. The molecule has 1 atom stereocenters. The van der Waals surface area contributed by atoms with E-state index in [0.717, 1.165) is 16.7 Å². The number of hydrogen-bond donors (Lipinski definition) is 1. The van der Waals surface area contributed by atoms with Crippen molar-refractivity contribution in [3.8, 4) is 11.5 Å². The highest BCUT2D eigenvalue weighted by Crippen LogP contribution is 2.36. The van der Waals surface area contributed by atoms with Gasteiger partial charge in [0.2, 0.25) is 6.10 Å². The van der Waals surface area contributed by atoms with E-state index in [1.54, 1.807) is 6.21 Å². The number of rotatable bonds is 3. The molecule has 0 fully saturated rings. The molecule has 1 heterocycles. The topological polar surface area (TPSA) is 59.9 Å². The molecular weight excluding hydrogens is 328 g/mol. The smallest absolute Gasteiger partial charge is 0.284 e. The first-order valence-corrected chi connectivity index (χ1v) is 8.67. The summed E-state index contributed by atoms with van der Waals surface area (Å²) in [6.45, 7) is 8.53. The Bertz CT molecular complexity index is 837. The largest absolute Gasteiger partial charge is 0.485 e. The molecule has 0 saturated carbocycles. The number of fused-ring (bicyclic) bond motifs is 1. The number of nitrogens with one attached hydrogen (secondary N) is 1. The van der Waals surface area contributed by atoms with Crippen molar-refractivity contribution in [2.45, 2.75) is 39.2 Å². The van der Waals surface area contributed by atoms with Crippen molar-refractivity contribution in [3.63, 3.8) is 0 Å². The fourth-order valence-electron chi connectivity index (χ4n) is 2.64. The highest BCUT2D eigenvalue weighted by Gasteiger charge is 2.28. The molecule has 5 heteroatoms. The molecule has 0 aromatic heterocycles. The van der Waals surface area contributed by atoms with Crippen LogP contribution in [0.3, 0.4) is 0 Å². The Morgan fingerprint density at radius 1 is 1.19 bits per heavy atom. The van der Waals surface area contributed by atoms with E-state index >= 15 is 0 Å². The third-order valence-electron chi connectivity index (χ3n) is 4.33. The fraction of sp³-hybridized carbons (Fsp3) is 0.333. The van der Waals surface area contributed by atoms with Crippen LogP contribution in [0.5, 0.6) is 11.5 Å². The van der Waals surface area contributed by atoms with Gasteiger partial charge < -0.3 is 9.47 Å². The fourth-order valence-corrected chi connectivity index (χ4v) is 2.64. The Morgan fingerprint density at radius 2 is 1.96 bits per heavy atom. The first-order chi connectivity index (χ1) is 12.3. The Labute approximate surface area is 154 Å². The first-order valence-electron chi connectivity index (χ1n) is 8.67. The Kier molecular flexibility index (Phi) is 4.98. The van der Waals surface area contributed by atoms with Crippen molar-refractivity contribution in [3.05, 3.63) is 59.2 Å². The Morgan fingerprint density at radius 3 is 2.69 bits per heavy atom. The van der Waals surface area contributed by atoms with Crippen LogP contribution in [0.25, 0.3) is 0 Å². The second-order valence-corrected chi connectivity index (χ2v) is 7.42. The number of benzene rings is 2. The minimum Gasteiger partial charge on any atom is -0.485 e. The van der Waals surface area contributed by atoms with E-state index in [-0.39, 0.29) is 17.9 Å². The molecule has 0 aliphatic carbocycles. The lowest BCUT2D eigenvalue weighted by Gasteiger charge is -2.27. The summed E-state index contributed by atoms with van der Waals surface area (Å²) in [5.41, 5.74) is 5.69. The van der Waals surface area contributed by atoms with E-state index in [4.69, 9.17) is 9.47 Å². The van der Waals surface area contributed by atoms with E-state index in [0.29, 0.717) is 11.5 Å². The van der Waals surface area contributed by atoms with Crippen LogP contribution < -0.4 is 14.9 Å².